The summed E-state index contributed by atoms with van der Waals surface area (Å²) in [5.74, 6) is 0.150. The molecular formula is C11H18N2O2. The van der Waals surface area contributed by atoms with Crippen LogP contribution < -0.4 is 5.32 Å². The van der Waals surface area contributed by atoms with Gasteiger partial charge in [0.25, 0.3) is 0 Å². The van der Waals surface area contributed by atoms with Crippen LogP contribution in [0.5, 0.6) is 0 Å². The van der Waals surface area contributed by atoms with Crippen LogP contribution in [0.2, 0.25) is 0 Å². The van der Waals surface area contributed by atoms with Crippen LogP contribution in [0.15, 0.2) is 0 Å². The van der Waals surface area contributed by atoms with Crippen LogP contribution in [0, 0.1) is 5.92 Å². The van der Waals surface area contributed by atoms with Crippen LogP contribution in [0.4, 0.5) is 0 Å². The second-order valence-electron chi connectivity index (χ2n) is 4.42. The zero-order valence-electron chi connectivity index (χ0n) is 9.00. The predicted octanol–water partition coefficient (Wildman–Crippen LogP) is 0.525. The van der Waals surface area contributed by atoms with Crippen molar-refractivity contribution >= 4 is 11.8 Å². The van der Waals surface area contributed by atoms with Crippen molar-refractivity contribution in [1.29, 1.82) is 0 Å². The summed E-state index contributed by atoms with van der Waals surface area (Å²) in [6, 6.07) is 0. The first kappa shape index (κ1) is 10.5. The molecule has 0 aliphatic carbocycles. The lowest BCUT2D eigenvalue weighted by Crippen LogP contribution is -2.37. The molecule has 4 heteroatoms. The summed E-state index contributed by atoms with van der Waals surface area (Å²) in [6.07, 6.45) is 4.68. The van der Waals surface area contributed by atoms with Gasteiger partial charge in [0.2, 0.25) is 11.8 Å². The highest BCUT2D eigenvalue weighted by molar-refractivity contribution is 5.87. The molecule has 2 amide bonds. The molecular weight excluding hydrogens is 192 g/mol. The molecule has 84 valence electrons. The molecule has 0 spiro atoms. The SMILES string of the molecule is O=C1NCCC1CC(=O)N1CCCCC1. The van der Waals surface area contributed by atoms with Crippen molar-refractivity contribution in [2.24, 2.45) is 5.92 Å². The third-order valence-electron chi connectivity index (χ3n) is 3.29. The highest BCUT2D eigenvalue weighted by Crippen LogP contribution is 2.17. The third kappa shape index (κ3) is 2.49. The maximum atomic E-state index is 11.8. The largest absolute Gasteiger partial charge is 0.356 e. The van der Waals surface area contributed by atoms with Crippen molar-refractivity contribution in [3.05, 3.63) is 0 Å². The van der Waals surface area contributed by atoms with E-state index in [1.54, 1.807) is 0 Å². The summed E-state index contributed by atoms with van der Waals surface area (Å²) in [5.41, 5.74) is 0. The van der Waals surface area contributed by atoms with E-state index in [0.717, 1.165) is 38.9 Å². The van der Waals surface area contributed by atoms with Crippen molar-refractivity contribution in [3.63, 3.8) is 0 Å². The smallest absolute Gasteiger partial charge is 0.223 e. The van der Waals surface area contributed by atoms with Gasteiger partial charge < -0.3 is 10.2 Å². The van der Waals surface area contributed by atoms with Crippen molar-refractivity contribution in [3.8, 4) is 0 Å². The zero-order valence-corrected chi connectivity index (χ0v) is 9.00. The van der Waals surface area contributed by atoms with Gasteiger partial charge in [-0.15, -0.1) is 0 Å². The molecule has 0 saturated carbocycles. The van der Waals surface area contributed by atoms with E-state index in [2.05, 4.69) is 5.32 Å². The van der Waals surface area contributed by atoms with Crippen LogP contribution in [0.1, 0.15) is 32.1 Å². The topological polar surface area (TPSA) is 49.4 Å². The van der Waals surface area contributed by atoms with Crippen LogP contribution in [-0.2, 0) is 9.59 Å². The lowest BCUT2D eigenvalue weighted by Gasteiger charge is -2.27. The number of hydrogen-bond donors (Lipinski definition) is 1. The minimum Gasteiger partial charge on any atom is -0.356 e. The monoisotopic (exact) mass is 210 g/mol. The van der Waals surface area contributed by atoms with Gasteiger partial charge in [-0.2, -0.15) is 0 Å². The summed E-state index contributed by atoms with van der Waals surface area (Å²) in [6.45, 7) is 2.50. The van der Waals surface area contributed by atoms with Gasteiger partial charge in [0.05, 0.1) is 0 Å². The van der Waals surface area contributed by atoms with E-state index < -0.39 is 0 Å². The molecule has 0 aromatic heterocycles. The first-order chi connectivity index (χ1) is 7.27. The Balaban J connectivity index is 1.82. The zero-order chi connectivity index (χ0) is 10.7. The Morgan fingerprint density at radius 1 is 1.33 bits per heavy atom. The Labute approximate surface area is 90.0 Å². The molecule has 1 atom stereocenters. The van der Waals surface area contributed by atoms with E-state index in [9.17, 15) is 9.59 Å². The summed E-state index contributed by atoms with van der Waals surface area (Å²) in [4.78, 5) is 25.1. The first-order valence-corrected chi connectivity index (χ1v) is 5.83. The molecule has 1 N–H and O–H groups in total. The number of carbonyl (C=O) groups excluding carboxylic acids is 2. The molecule has 0 bridgehead atoms. The highest BCUT2D eigenvalue weighted by atomic mass is 16.2. The second-order valence-corrected chi connectivity index (χ2v) is 4.42. The molecule has 2 fully saturated rings. The molecule has 4 nitrogen and oxygen atoms in total. The van der Waals surface area contributed by atoms with E-state index in [-0.39, 0.29) is 17.7 Å². The van der Waals surface area contributed by atoms with Gasteiger partial charge in [-0.3, -0.25) is 9.59 Å². The van der Waals surface area contributed by atoms with Crippen molar-refractivity contribution < 1.29 is 9.59 Å². The number of nitrogens with zero attached hydrogens (tertiary/aromatic N) is 1. The molecule has 2 aliphatic rings. The van der Waals surface area contributed by atoms with Crippen LogP contribution >= 0.6 is 0 Å². The van der Waals surface area contributed by atoms with Gasteiger partial charge in [0.15, 0.2) is 0 Å². The van der Waals surface area contributed by atoms with Crippen molar-refractivity contribution in [2.45, 2.75) is 32.1 Å². The van der Waals surface area contributed by atoms with E-state index in [4.69, 9.17) is 0 Å². The molecule has 1 unspecified atom stereocenters. The highest BCUT2D eigenvalue weighted by Gasteiger charge is 2.28. The van der Waals surface area contributed by atoms with Gasteiger partial charge >= 0.3 is 0 Å². The Morgan fingerprint density at radius 3 is 2.67 bits per heavy atom. The minimum atomic E-state index is -0.0700. The number of rotatable bonds is 2. The Bertz CT molecular complexity index is 259. The number of likely N-dealkylation sites (tertiary alicyclic amines) is 1. The number of carbonyl (C=O) groups is 2. The van der Waals surface area contributed by atoms with Gasteiger partial charge in [-0.05, 0) is 25.7 Å². The normalized spacial score (nSPS) is 26.5. The summed E-state index contributed by atoms with van der Waals surface area (Å²) >= 11 is 0. The van der Waals surface area contributed by atoms with Crippen molar-refractivity contribution in [2.75, 3.05) is 19.6 Å². The Morgan fingerprint density at radius 2 is 2.07 bits per heavy atom. The number of hydrogen-bond acceptors (Lipinski definition) is 2. The fourth-order valence-corrected chi connectivity index (χ4v) is 2.32. The van der Waals surface area contributed by atoms with E-state index in [0.29, 0.717) is 6.42 Å². The minimum absolute atomic E-state index is 0.0559. The quantitative estimate of drug-likeness (QED) is 0.722. The average Bonchev–Trinajstić information content (AvgIpc) is 2.66. The molecule has 2 rings (SSSR count). The second kappa shape index (κ2) is 4.64. The maximum Gasteiger partial charge on any atom is 0.223 e. The summed E-state index contributed by atoms with van der Waals surface area (Å²) < 4.78 is 0. The molecule has 0 aromatic rings. The molecule has 0 aromatic carbocycles. The van der Waals surface area contributed by atoms with E-state index in [1.165, 1.54) is 6.42 Å². The average molecular weight is 210 g/mol. The molecule has 15 heavy (non-hydrogen) atoms. The van der Waals surface area contributed by atoms with Crippen LogP contribution in [0.25, 0.3) is 0 Å². The molecule has 2 aliphatic heterocycles. The summed E-state index contributed by atoms with van der Waals surface area (Å²) in [7, 11) is 0. The van der Waals surface area contributed by atoms with Gasteiger partial charge in [-0.1, -0.05) is 0 Å². The lowest BCUT2D eigenvalue weighted by molar-refractivity contribution is -0.135. The van der Waals surface area contributed by atoms with Gasteiger partial charge in [0.1, 0.15) is 0 Å². The van der Waals surface area contributed by atoms with Crippen molar-refractivity contribution in [1.82, 2.24) is 10.2 Å². The Hall–Kier alpha value is -1.06. The van der Waals surface area contributed by atoms with Crippen LogP contribution in [0.3, 0.4) is 0 Å². The number of nitrogens with one attached hydrogen (secondary N) is 1. The first-order valence-electron chi connectivity index (χ1n) is 5.83. The molecule has 0 radical (unpaired) electrons. The molecule has 2 heterocycles. The predicted molar refractivity (Wildman–Crippen MR) is 56.2 cm³/mol. The third-order valence-corrected chi connectivity index (χ3v) is 3.29. The van der Waals surface area contributed by atoms with E-state index >= 15 is 0 Å². The van der Waals surface area contributed by atoms with Gasteiger partial charge in [0, 0.05) is 32.0 Å². The fraction of sp³-hybridized carbons (Fsp3) is 0.818. The summed E-state index contributed by atoms with van der Waals surface area (Å²) in [5, 5.41) is 2.77. The number of amides is 2. The lowest BCUT2D eigenvalue weighted by atomic mass is 10.0. The maximum absolute atomic E-state index is 11.8. The van der Waals surface area contributed by atoms with E-state index in [1.807, 2.05) is 4.90 Å². The molecule has 2 saturated heterocycles. The Kier molecular flexibility index (Phi) is 3.23. The van der Waals surface area contributed by atoms with Crippen LogP contribution in [-0.4, -0.2) is 36.3 Å². The van der Waals surface area contributed by atoms with Gasteiger partial charge in [-0.25, -0.2) is 0 Å². The standard InChI is InChI=1S/C11H18N2O2/c14-10(13-6-2-1-3-7-13)8-9-4-5-12-11(9)15/h9H,1-8H2,(H,12,15). The number of piperidine rings is 1. The fourth-order valence-electron chi connectivity index (χ4n) is 2.32.